The van der Waals surface area contributed by atoms with Crippen molar-refractivity contribution in [1.82, 2.24) is 58.7 Å². The summed E-state index contributed by atoms with van der Waals surface area (Å²) in [6, 6.07) is 18.3. The molecule has 0 saturated heterocycles. The largest absolute Gasteiger partial charge is 0.488 e. The van der Waals surface area contributed by atoms with E-state index in [1.165, 1.54) is 34.3 Å². The Balaban J connectivity index is 0.000000154. The normalized spacial score (nSPS) is 10.2. The van der Waals surface area contributed by atoms with Crippen molar-refractivity contribution in [3.8, 4) is 11.4 Å². The van der Waals surface area contributed by atoms with Crippen LogP contribution in [0.4, 0.5) is 0 Å². The van der Waals surface area contributed by atoms with Gasteiger partial charge in [-0.3, -0.25) is 14.4 Å². The number of nitrogens with zero attached hydrogens (tertiary/aromatic N) is 9. The Kier molecular flexibility index (Phi) is 13.8. The van der Waals surface area contributed by atoms with E-state index < -0.39 is 7.12 Å². The molecule has 0 bridgehead atoms. The van der Waals surface area contributed by atoms with E-state index in [1.807, 2.05) is 36.4 Å². The Labute approximate surface area is 311 Å². The SMILES string of the molecule is BrBr.Cc1nc(-c2ccccc2)n2nc[nH]c(=O)c12.Cc1nc(Br)n2nc[nH]c(=O)c12.Cc1ncn2nc[nH]c(=O)c12.OB(O)c1ccccc1. The van der Waals surface area contributed by atoms with Gasteiger partial charge in [-0.15, -0.1) is 0 Å². The van der Waals surface area contributed by atoms with Crippen molar-refractivity contribution in [3.63, 3.8) is 0 Å². The number of hydrogen-bond donors (Lipinski definition) is 5. The Morgan fingerprint density at radius 2 is 1.14 bits per heavy atom. The van der Waals surface area contributed by atoms with E-state index in [2.05, 4.69) is 89.4 Å². The van der Waals surface area contributed by atoms with Gasteiger partial charge in [0.2, 0.25) is 0 Å². The molecule has 2 aromatic carbocycles. The predicted molar refractivity (Wildman–Crippen MR) is 202 cm³/mol. The zero-order valence-corrected chi connectivity index (χ0v) is 31.7. The first kappa shape index (κ1) is 38.7. The minimum Gasteiger partial charge on any atom is -0.423 e. The van der Waals surface area contributed by atoms with Crippen LogP contribution >= 0.6 is 44.2 Å². The van der Waals surface area contributed by atoms with Crippen LogP contribution in [-0.4, -0.2) is 75.9 Å². The van der Waals surface area contributed by atoms with E-state index >= 15 is 0 Å². The zero-order valence-electron chi connectivity index (χ0n) is 26.9. The molecule has 17 nitrogen and oxygen atoms in total. The number of H-pyrrole nitrogens is 3. The van der Waals surface area contributed by atoms with Crippen molar-refractivity contribution in [1.29, 1.82) is 0 Å². The molecule has 6 heterocycles. The molecule has 0 aliphatic heterocycles. The first-order valence-electron chi connectivity index (χ1n) is 14.6. The maximum atomic E-state index is 11.7. The fourth-order valence-corrected chi connectivity index (χ4v) is 5.10. The number of aryl methyl sites for hydroxylation is 3. The van der Waals surface area contributed by atoms with Gasteiger partial charge >= 0.3 is 7.12 Å². The lowest BCUT2D eigenvalue weighted by molar-refractivity contribution is 0.426. The fraction of sp³-hybridized carbons (Fsp3) is 0.100. The van der Waals surface area contributed by atoms with Crippen molar-refractivity contribution in [2.45, 2.75) is 20.8 Å². The predicted octanol–water partition coefficient (Wildman–Crippen LogP) is 2.67. The summed E-state index contributed by atoms with van der Waals surface area (Å²) in [5, 5.41) is 29.1. The summed E-state index contributed by atoms with van der Waals surface area (Å²) in [5.41, 5.74) is 4.46. The van der Waals surface area contributed by atoms with Gasteiger partial charge in [-0.05, 0) is 42.2 Å². The molecule has 0 saturated carbocycles. The number of halogens is 3. The minimum absolute atomic E-state index is 0.157. The lowest BCUT2D eigenvalue weighted by Gasteiger charge is -1.98. The Bertz CT molecular complexity index is 2520. The van der Waals surface area contributed by atoms with Crippen LogP contribution < -0.4 is 22.1 Å². The maximum absolute atomic E-state index is 11.7. The highest BCUT2D eigenvalue weighted by atomic mass is 80.9. The van der Waals surface area contributed by atoms with Gasteiger partial charge < -0.3 is 25.0 Å². The van der Waals surface area contributed by atoms with Crippen molar-refractivity contribution < 1.29 is 10.0 Å². The maximum Gasteiger partial charge on any atom is 0.488 e. The lowest BCUT2D eigenvalue weighted by atomic mass is 9.81. The van der Waals surface area contributed by atoms with Gasteiger partial charge in [0, 0.05) is 33.8 Å². The zero-order chi connectivity index (χ0) is 37.1. The number of imidazole rings is 3. The molecule has 8 rings (SSSR count). The molecule has 8 aromatic rings. The molecule has 6 aromatic heterocycles. The third kappa shape index (κ3) is 9.38. The molecule has 262 valence electrons. The van der Waals surface area contributed by atoms with Gasteiger partial charge in [0.25, 0.3) is 16.7 Å². The summed E-state index contributed by atoms with van der Waals surface area (Å²) in [6.45, 7) is 5.34. The molecular weight excluding hydrogens is 859 g/mol. The summed E-state index contributed by atoms with van der Waals surface area (Å²) < 4.78 is 5.02. The third-order valence-corrected chi connectivity index (χ3v) is 7.35. The summed E-state index contributed by atoms with van der Waals surface area (Å²) in [5.74, 6) is 0.684. The number of rotatable bonds is 2. The first-order chi connectivity index (χ1) is 24.6. The highest BCUT2D eigenvalue weighted by molar-refractivity contribution is 9.93. The molecule has 21 heteroatoms. The number of aromatic amines is 3. The van der Waals surface area contributed by atoms with Crippen LogP contribution in [0, 0.1) is 20.8 Å². The van der Waals surface area contributed by atoms with Crippen molar-refractivity contribution >= 4 is 73.3 Å². The molecular formula is C30H28BBr3N12O5. The summed E-state index contributed by atoms with van der Waals surface area (Å²) in [7, 11) is -1.34. The highest BCUT2D eigenvalue weighted by Crippen LogP contribution is 2.18. The van der Waals surface area contributed by atoms with Crippen LogP contribution in [-0.2, 0) is 0 Å². The Morgan fingerprint density at radius 1 is 0.647 bits per heavy atom. The minimum atomic E-state index is -1.34. The van der Waals surface area contributed by atoms with Gasteiger partial charge in [-0.1, -0.05) is 60.7 Å². The van der Waals surface area contributed by atoms with E-state index in [1.54, 1.807) is 49.6 Å². The second-order valence-corrected chi connectivity index (χ2v) is 10.8. The van der Waals surface area contributed by atoms with Gasteiger partial charge in [-0.2, -0.15) is 15.3 Å². The van der Waals surface area contributed by atoms with Crippen molar-refractivity contribution in [3.05, 3.63) is 139 Å². The number of fused-ring (bicyclic) bond motifs is 3. The summed E-state index contributed by atoms with van der Waals surface area (Å²) in [4.78, 5) is 53.9. The van der Waals surface area contributed by atoms with Crippen LogP contribution in [0.25, 0.3) is 27.9 Å². The number of aromatic nitrogens is 12. The first-order valence-corrected chi connectivity index (χ1v) is 19.1. The van der Waals surface area contributed by atoms with E-state index in [-0.39, 0.29) is 16.7 Å². The average Bonchev–Trinajstić information content (AvgIpc) is 3.80. The van der Waals surface area contributed by atoms with Crippen LogP contribution in [0.15, 0.2) is 105 Å². The molecule has 0 fully saturated rings. The topological polar surface area (TPSA) is 230 Å². The van der Waals surface area contributed by atoms with E-state index in [4.69, 9.17) is 10.0 Å². The molecule has 0 aliphatic rings. The van der Waals surface area contributed by atoms with Gasteiger partial charge in [0.15, 0.2) is 27.1 Å². The molecule has 51 heavy (non-hydrogen) atoms. The monoisotopic (exact) mass is 884 g/mol. The Hall–Kier alpha value is -5.09. The van der Waals surface area contributed by atoms with E-state index in [9.17, 15) is 14.4 Å². The Morgan fingerprint density at radius 3 is 1.67 bits per heavy atom. The van der Waals surface area contributed by atoms with Gasteiger partial charge in [-0.25, -0.2) is 28.5 Å². The molecule has 0 aliphatic carbocycles. The third-order valence-electron chi connectivity index (χ3n) is 6.84. The van der Waals surface area contributed by atoms with Gasteiger partial charge in [0.1, 0.15) is 25.3 Å². The molecule has 0 atom stereocenters. The molecule has 0 spiro atoms. The molecule has 0 radical (unpaired) electrons. The van der Waals surface area contributed by atoms with E-state index in [0.29, 0.717) is 49.7 Å². The van der Waals surface area contributed by atoms with Crippen LogP contribution in [0.2, 0.25) is 0 Å². The smallest absolute Gasteiger partial charge is 0.423 e. The fourth-order valence-electron chi connectivity index (χ4n) is 4.57. The summed E-state index contributed by atoms with van der Waals surface area (Å²) in [6.07, 6.45) is 5.57. The standard InChI is InChI=1S/C12H10N4O.C6H7BO2.C6H5BrN4O.C6H6N4O.Br2/c1-8-10-12(17)13-7-14-16(10)11(15-8)9-5-3-2-4-6-9;8-7(9)6-4-2-1-3-5-6;1-3-4-5(12)8-2-9-11(4)6(7)10-3;1-4-5-6(11)7-2-9-10(5)3-8-4;1-2/h2-7H,1H3,(H,13,14,17);1-5,8-9H;2H,1H3,(H,8,9,12);2-3H,1H3,(H,7,9,11);. The van der Waals surface area contributed by atoms with E-state index in [0.717, 1.165) is 5.56 Å². The number of hydrogen-bond acceptors (Lipinski definition) is 11. The number of nitrogens with one attached hydrogen (secondary N) is 3. The van der Waals surface area contributed by atoms with Crippen molar-refractivity contribution in [2.24, 2.45) is 0 Å². The van der Waals surface area contributed by atoms with Crippen LogP contribution in [0.5, 0.6) is 0 Å². The molecule has 0 amide bonds. The van der Waals surface area contributed by atoms with Crippen molar-refractivity contribution in [2.75, 3.05) is 0 Å². The quantitative estimate of drug-likeness (QED) is 0.159. The second kappa shape index (κ2) is 18.2. The molecule has 5 N–H and O–H groups in total. The van der Waals surface area contributed by atoms with Crippen LogP contribution in [0.1, 0.15) is 17.1 Å². The molecule has 0 unspecified atom stereocenters. The summed E-state index contributed by atoms with van der Waals surface area (Å²) >= 11 is 8.69. The average molecular weight is 887 g/mol. The lowest BCUT2D eigenvalue weighted by Crippen LogP contribution is -2.29. The van der Waals surface area contributed by atoms with Gasteiger partial charge in [0.05, 0.1) is 17.1 Å². The highest BCUT2D eigenvalue weighted by Gasteiger charge is 2.13. The number of benzene rings is 2. The second-order valence-electron chi connectivity index (χ2n) is 10.1. The van der Waals surface area contributed by atoms with Crippen LogP contribution in [0.3, 0.4) is 0 Å².